The number of hydrogen-bond acceptors (Lipinski definition) is 1. The van der Waals surface area contributed by atoms with Crippen LogP contribution >= 0.6 is 0 Å². The Morgan fingerprint density at radius 1 is 1.56 bits per heavy atom. The lowest BCUT2D eigenvalue weighted by Gasteiger charge is -1.97. The molecule has 1 aliphatic rings. The van der Waals surface area contributed by atoms with E-state index in [0.29, 0.717) is 0 Å². The van der Waals surface area contributed by atoms with Crippen LogP contribution < -0.4 is 0 Å². The van der Waals surface area contributed by atoms with Crippen molar-refractivity contribution in [2.75, 3.05) is 13.2 Å². The Bertz CT molecular complexity index is 67.0. The van der Waals surface area contributed by atoms with Crippen LogP contribution in [0, 0.1) is 12.3 Å². The van der Waals surface area contributed by atoms with Gasteiger partial charge in [0.15, 0.2) is 0 Å². The third-order valence-corrected chi connectivity index (χ3v) is 1.59. The van der Waals surface area contributed by atoms with Gasteiger partial charge in [-0.3, -0.25) is 0 Å². The molecular formula is C8H15O. The van der Waals surface area contributed by atoms with Gasteiger partial charge >= 0.3 is 0 Å². The molecule has 0 unspecified atom stereocenters. The Kier molecular flexibility index (Phi) is 3.05. The fraction of sp³-hybridized carbons (Fsp3) is 0.875. The molecule has 53 valence electrons. The van der Waals surface area contributed by atoms with Gasteiger partial charge in [-0.25, -0.2) is 0 Å². The normalized spacial score (nSPS) is 18.3. The van der Waals surface area contributed by atoms with Crippen molar-refractivity contribution < 1.29 is 4.74 Å². The molecule has 1 heteroatoms. The van der Waals surface area contributed by atoms with Crippen molar-refractivity contribution in [1.82, 2.24) is 0 Å². The standard InChI is InChI=1S/C8H15O/c1-2-9-7-3-4-8-5-6-8/h4,8H,2-3,5-7H2,1H3. The maximum Gasteiger partial charge on any atom is 0.0468 e. The first-order valence-corrected chi connectivity index (χ1v) is 3.84. The third-order valence-electron chi connectivity index (χ3n) is 1.59. The van der Waals surface area contributed by atoms with E-state index in [4.69, 9.17) is 4.74 Å². The van der Waals surface area contributed by atoms with Crippen molar-refractivity contribution >= 4 is 0 Å². The lowest BCUT2D eigenvalue weighted by molar-refractivity contribution is 0.149. The fourth-order valence-corrected chi connectivity index (χ4v) is 0.863. The summed E-state index contributed by atoms with van der Waals surface area (Å²) in [5, 5.41) is 0. The second kappa shape index (κ2) is 3.89. The Hall–Kier alpha value is -0.0400. The molecule has 0 amide bonds. The summed E-state index contributed by atoms with van der Waals surface area (Å²) in [6.45, 7) is 3.82. The number of rotatable bonds is 5. The Morgan fingerprint density at radius 2 is 2.33 bits per heavy atom. The molecule has 0 atom stereocenters. The summed E-state index contributed by atoms with van der Waals surface area (Å²) in [5.41, 5.74) is 0. The molecule has 0 aromatic heterocycles. The minimum atomic E-state index is 0.860. The number of ether oxygens (including phenoxy) is 1. The largest absolute Gasteiger partial charge is 0.382 e. The van der Waals surface area contributed by atoms with Crippen molar-refractivity contribution in [2.24, 2.45) is 5.92 Å². The van der Waals surface area contributed by atoms with E-state index in [0.717, 1.165) is 25.6 Å². The Morgan fingerprint density at radius 3 is 2.89 bits per heavy atom. The van der Waals surface area contributed by atoms with Crippen LogP contribution in [0.25, 0.3) is 0 Å². The SMILES string of the molecule is CCOCC[CH]C1CC1. The summed E-state index contributed by atoms with van der Waals surface area (Å²) in [4.78, 5) is 0. The van der Waals surface area contributed by atoms with E-state index in [2.05, 4.69) is 6.42 Å². The average Bonchev–Trinajstić information content (AvgIpc) is 2.63. The molecule has 0 aromatic carbocycles. The van der Waals surface area contributed by atoms with E-state index in [9.17, 15) is 0 Å². The minimum absolute atomic E-state index is 0.860. The first-order valence-electron chi connectivity index (χ1n) is 3.84. The topological polar surface area (TPSA) is 9.23 Å². The van der Waals surface area contributed by atoms with Gasteiger partial charge in [0.2, 0.25) is 0 Å². The Labute approximate surface area is 57.4 Å². The molecule has 1 saturated carbocycles. The van der Waals surface area contributed by atoms with Crippen LogP contribution in [0.5, 0.6) is 0 Å². The average molecular weight is 127 g/mol. The minimum Gasteiger partial charge on any atom is -0.382 e. The zero-order chi connectivity index (χ0) is 6.53. The van der Waals surface area contributed by atoms with Crippen LogP contribution in [0.2, 0.25) is 0 Å². The van der Waals surface area contributed by atoms with E-state index < -0.39 is 0 Å². The molecule has 0 spiro atoms. The van der Waals surface area contributed by atoms with Crippen LogP contribution in [-0.2, 0) is 4.74 Å². The lowest BCUT2D eigenvalue weighted by atomic mass is 10.2. The first kappa shape index (κ1) is 7.07. The maximum atomic E-state index is 5.18. The van der Waals surface area contributed by atoms with Gasteiger partial charge in [0.25, 0.3) is 0 Å². The quantitative estimate of drug-likeness (QED) is 0.513. The molecule has 0 aromatic rings. The number of hydrogen-bond donors (Lipinski definition) is 0. The predicted molar refractivity (Wildman–Crippen MR) is 38.1 cm³/mol. The summed E-state index contributed by atoms with van der Waals surface area (Å²) < 4.78 is 5.18. The second-order valence-electron chi connectivity index (χ2n) is 2.56. The molecule has 9 heavy (non-hydrogen) atoms. The molecule has 0 bridgehead atoms. The monoisotopic (exact) mass is 127 g/mol. The van der Waals surface area contributed by atoms with Crippen LogP contribution in [0.4, 0.5) is 0 Å². The van der Waals surface area contributed by atoms with Crippen molar-refractivity contribution in [3.8, 4) is 0 Å². The third kappa shape index (κ3) is 3.52. The molecule has 0 aliphatic heterocycles. The fourth-order valence-electron chi connectivity index (χ4n) is 0.863. The summed E-state index contributed by atoms with van der Waals surface area (Å²) in [6.07, 6.45) is 6.38. The van der Waals surface area contributed by atoms with E-state index in [-0.39, 0.29) is 0 Å². The summed E-state index contributed by atoms with van der Waals surface area (Å²) in [7, 11) is 0. The van der Waals surface area contributed by atoms with Gasteiger partial charge in [0.1, 0.15) is 0 Å². The van der Waals surface area contributed by atoms with Gasteiger partial charge in [0, 0.05) is 13.2 Å². The van der Waals surface area contributed by atoms with Crippen LogP contribution in [0.3, 0.4) is 0 Å². The van der Waals surface area contributed by atoms with Gasteiger partial charge in [0.05, 0.1) is 0 Å². The highest BCUT2D eigenvalue weighted by atomic mass is 16.5. The second-order valence-corrected chi connectivity index (χ2v) is 2.56. The molecular weight excluding hydrogens is 112 g/mol. The molecule has 1 fully saturated rings. The highest BCUT2D eigenvalue weighted by Gasteiger charge is 2.20. The highest BCUT2D eigenvalue weighted by molar-refractivity contribution is 4.86. The van der Waals surface area contributed by atoms with Gasteiger partial charge < -0.3 is 4.74 Å². The van der Waals surface area contributed by atoms with E-state index in [1.807, 2.05) is 6.92 Å². The smallest absolute Gasteiger partial charge is 0.0468 e. The lowest BCUT2D eigenvalue weighted by Crippen LogP contribution is -1.93. The van der Waals surface area contributed by atoms with Crippen LogP contribution in [0.1, 0.15) is 26.2 Å². The van der Waals surface area contributed by atoms with Crippen molar-refractivity contribution in [1.29, 1.82) is 0 Å². The zero-order valence-corrected chi connectivity index (χ0v) is 6.10. The molecule has 1 nitrogen and oxygen atoms in total. The van der Waals surface area contributed by atoms with Crippen molar-refractivity contribution in [2.45, 2.75) is 26.2 Å². The molecule has 1 aliphatic carbocycles. The summed E-state index contributed by atoms with van der Waals surface area (Å²) in [6, 6.07) is 0. The van der Waals surface area contributed by atoms with Crippen molar-refractivity contribution in [3.05, 3.63) is 6.42 Å². The molecule has 0 saturated heterocycles. The van der Waals surface area contributed by atoms with Gasteiger partial charge in [-0.1, -0.05) is 0 Å². The van der Waals surface area contributed by atoms with Crippen LogP contribution in [-0.4, -0.2) is 13.2 Å². The van der Waals surface area contributed by atoms with Crippen molar-refractivity contribution in [3.63, 3.8) is 0 Å². The maximum absolute atomic E-state index is 5.18. The van der Waals surface area contributed by atoms with Gasteiger partial charge in [-0.15, -0.1) is 0 Å². The first-order chi connectivity index (χ1) is 4.43. The van der Waals surface area contributed by atoms with Gasteiger partial charge in [-0.2, -0.15) is 0 Å². The Balaban J connectivity index is 1.71. The molecule has 0 heterocycles. The highest BCUT2D eigenvalue weighted by Crippen LogP contribution is 2.32. The molecule has 1 rings (SSSR count). The van der Waals surface area contributed by atoms with E-state index >= 15 is 0 Å². The predicted octanol–water partition coefficient (Wildman–Crippen LogP) is 2.03. The summed E-state index contributed by atoms with van der Waals surface area (Å²) in [5.74, 6) is 0.949. The zero-order valence-electron chi connectivity index (χ0n) is 6.10. The summed E-state index contributed by atoms with van der Waals surface area (Å²) >= 11 is 0. The van der Waals surface area contributed by atoms with E-state index in [1.54, 1.807) is 0 Å². The molecule has 1 radical (unpaired) electrons. The van der Waals surface area contributed by atoms with Crippen LogP contribution in [0.15, 0.2) is 0 Å². The van der Waals surface area contributed by atoms with Gasteiger partial charge in [-0.05, 0) is 38.5 Å². The van der Waals surface area contributed by atoms with E-state index in [1.165, 1.54) is 12.8 Å². The molecule has 0 N–H and O–H groups in total.